The Morgan fingerprint density at radius 1 is 1.30 bits per heavy atom. The number of piperidine rings is 1. The van der Waals surface area contributed by atoms with Gasteiger partial charge in [0.05, 0.1) is 12.9 Å². The van der Waals surface area contributed by atoms with Crippen LogP contribution in [-0.4, -0.2) is 67.5 Å². The summed E-state index contributed by atoms with van der Waals surface area (Å²) in [7, 11) is 0. The zero-order valence-electron chi connectivity index (χ0n) is 18.0. The number of likely N-dealkylation sites (tertiary alicyclic amines) is 1. The van der Waals surface area contributed by atoms with Gasteiger partial charge in [-0.1, -0.05) is 12.8 Å². The van der Waals surface area contributed by atoms with Gasteiger partial charge in [0.15, 0.2) is 5.96 Å². The van der Waals surface area contributed by atoms with Crippen LogP contribution >= 0.6 is 24.0 Å². The number of ether oxygens (including phenoxy) is 1. The number of guanidine groups is 1. The van der Waals surface area contributed by atoms with Gasteiger partial charge in [0, 0.05) is 45.2 Å². The Labute approximate surface area is 196 Å². The Morgan fingerprint density at radius 2 is 2.07 bits per heavy atom. The lowest BCUT2D eigenvalue weighted by Crippen LogP contribution is -2.50. The summed E-state index contributed by atoms with van der Waals surface area (Å²) in [5.74, 6) is 1.76. The monoisotopic (exact) mass is 536 g/mol. The standard InChI is InChI=1S/C21H36N4O4.HI/c1-2-28-21(27)25-14-10-18(11-15-25)24-20(22-12-5-3-4-6-16-26)23-13-9-19-8-7-17-29-19;/h7-8,17-18,26H,2-6,9-16H2,1H3,(H2,22,23,24);1H. The summed E-state index contributed by atoms with van der Waals surface area (Å²) < 4.78 is 10.5. The van der Waals surface area contributed by atoms with Gasteiger partial charge in [-0.3, -0.25) is 4.99 Å². The first-order valence-corrected chi connectivity index (χ1v) is 10.8. The molecule has 30 heavy (non-hydrogen) atoms. The van der Waals surface area contributed by atoms with Crippen molar-refractivity contribution < 1.29 is 19.1 Å². The molecule has 1 aromatic heterocycles. The van der Waals surface area contributed by atoms with E-state index in [1.54, 1.807) is 11.2 Å². The molecule has 2 heterocycles. The number of nitrogens with zero attached hydrogens (tertiary/aromatic N) is 2. The molecule has 0 aromatic carbocycles. The third-order valence-electron chi connectivity index (χ3n) is 4.94. The van der Waals surface area contributed by atoms with Gasteiger partial charge in [-0.25, -0.2) is 4.79 Å². The lowest BCUT2D eigenvalue weighted by molar-refractivity contribution is 0.0963. The van der Waals surface area contributed by atoms with Crippen molar-refractivity contribution in [2.75, 3.05) is 39.4 Å². The molecule has 1 aliphatic heterocycles. The SMILES string of the molecule is CCOC(=O)N1CCC(NC(=NCCCCCCO)NCCc2ccco2)CC1.I. The largest absolute Gasteiger partial charge is 0.469 e. The molecule has 0 aliphatic carbocycles. The molecule has 0 bridgehead atoms. The molecule has 1 aliphatic rings. The van der Waals surface area contributed by atoms with Crippen LogP contribution in [0, 0.1) is 0 Å². The Bertz CT molecular complexity index is 590. The minimum Gasteiger partial charge on any atom is -0.469 e. The highest BCUT2D eigenvalue weighted by molar-refractivity contribution is 14.0. The van der Waals surface area contributed by atoms with E-state index in [0.29, 0.717) is 19.7 Å². The maximum absolute atomic E-state index is 11.9. The molecule has 8 nitrogen and oxygen atoms in total. The van der Waals surface area contributed by atoms with Crippen molar-refractivity contribution in [1.29, 1.82) is 0 Å². The van der Waals surface area contributed by atoms with Gasteiger partial charge in [0.1, 0.15) is 5.76 Å². The van der Waals surface area contributed by atoms with Gasteiger partial charge in [-0.15, -0.1) is 24.0 Å². The normalized spacial score (nSPS) is 14.9. The molecular weight excluding hydrogens is 499 g/mol. The predicted molar refractivity (Wildman–Crippen MR) is 128 cm³/mol. The fourth-order valence-electron chi connectivity index (χ4n) is 3.29. The Kier molecular flexibility index (Phi) is 14.4. The second kappa shape index (κ2) is 16.2. The number of carbonyl (C=O) groups excluding carboxylic acids is 1. The second-order valence-electron chi connectivity index (χ2n) is 7.23. The number of hydrogen-bond donors (Lipinski definition) is 3. The van der Waals surface area contributed by atoms with E-state index in [4.69, 9.17) is 19.3 Å². The number of carbonyl (C=O) groups is 1. The van der Waals surface area contributed by atoms with Crippen molar-refractivity contribution in [3.63, 3.8) is 0 Å². The van der Waals surface area contributed by atoms with Crippen molar-refractivity contribution in [3.8, 4) is 0 Å². The third-order valence-corrected chi connectivity index (χ3v) is 4.94. The highest BCUT2D eigenvalue weighted by Gasteiger charge is 2.24. The molecule has 0 atom stereocenters. The van der Waals surface area contributed by atoms with Crippen LogP contribution in [0.25, 0.3) is 0 Å². The first-order chi connectivity index (χ1) is 14.2. The molecule has 2 rings (SSSR count). The molecule has 1 saturated heterocycles. The fourth-order valence-corrected chi connectivity index (χ4v) is 3.29. The van der Waals surface area contributed by atoms with E-state index in [1.807, 2.05) is 19.1 Å². The molecule has 1 fully saturated rings. The van der Waals surface area contributed by atoms with Crippen molar-refractivity contribution in [3.05, 3.63) is 24.2 Å². The summed E-state index contributed by atoms with van der Waals surface area (Å²) >= 11 is 0. The summed E-state index contributed by atoms with van der Waals surface area (Å²) in [6.45, 7) is 5.37. The third kappa shape index (κ3) is 10.5. The van der Waals surface area contributed by atoms with Gasteiger partial charge in [0.25, 0.3) is 0 Å². The fraction of sp³-hybridized carbons (Fsp3) is 0.714. The molecule has 1 amide bonds. The van der Waals surface area contributed by atoms with Crippen molar-refractivity contribution in [2.24, 2.45) is 4.99 Å². The summed E-state index contributed by atoms with van der Waals surface area (Å²) in [4.78, 5) is 18.3. The van der Waals surface area contributed by atoms with Crippen LogP contribution in [0.2, 0.25) is 0 Å². The molecule has 172 valence electrons. The molecule has 1 aromatic rings. The molecule has 3 N–H and O–H groups in total. The highest BCUT2D eigenvalue weighted by Crippen LogP contribution is 2.11. The zero-order chi connectivity index (χ0) is 20.7. The summed E-state index contributed by atoms with van der Waals surface area (Å²) in [5, 5.41) is 15.8. The number of unbranched alkanes of at least 4 members (excludes halogenated alkanes) is 3. The quantitative estimate of drug-likeness (QED) is 0.174. The smallest absolute Gasteiger partial charge is 0.409 e. The number of hydrogen-bond acceptors (Lipinski definition) is 5. The van der Waals surface area contributed by atoms with Crippen LogP contribution in [0.1, 0.15) is 51.2 Å². The van der Waals surface area contributed by atoms with Crippen molar-refractivity contribution in [1.82, 2.24) is 15.5 Å². The van der Waals surface area contributed by atoms with Gasteiger partial charge in [-0.2, -0.15) is 0 Å². The number of aliphatic hydroxyl groups excluding tert-OH is 1. The van der Waals surface area contributed by atoms with E-state index >= 15 is 0 Å². The van der Waals surface area contributed by atoms with Crippen molar-refractivity contribution in [2.45, 2.75) is 57.9 Å². The number of aliphatic hydroxyl groups is 1. The maximum atomic E-state index is 11.9. The Morgan fingerprint density at radius 3 is 2.73 bits per heavy atom. The number of amides is 1. The summed E-state index contributed by atoms with van der Waals surface area (Å²) in [6, 6.07) is 4.15. The minimum atomic E-state index is -0.223. The molecule has 9 heteroatoms. The van der Waals surface area contributed by atoms with Crippen LogP contribution in [0.15, 0.2) is 27.8 Å². The number of nitrogens with one attached hydrogen (secondary N) is 2. The molecule has 0 saturated carbocycles. The van der Waals surface area contributed by atoms with Crippen LogP contribution in [0.5, 0.6) is 0 Å². The predicted octanol–water partition coefficient (Wildman–Crippen LogP) is 3.15. The molecule has 0 spiro atoms. The van der Waals surface area contributed by atoms with E-state index in [0.717, 1.165) is 69.8 Å². The van der Waals surface area contributed by atoms with E-state index in [2.05, 4.69) is 10.6 Å². The van der Waals surface area contributed by atoms with Gasteiger partial charge < -0.3 is 29.8 Å². The van der Waals surface area contributed by atoms with Gasteiger partial charge >= 0.3 is 6.09 Å². The Hall–Kier alpha value is -1.49. The molecule has 0 unspecified atom stereocenters. The maximum Gasteiger partial charge on any atom is 0.409 e. The van der Waals surface area contributed by atoms with E-state index < -0.39 is 0 Å². The lowest BCUT2D eigenvalue weighted by Gasteiger charge is -2.32. The number of halogens is 1. The first-order valence-electron chi connectivity index (χ1n) is 10.8. The van der Waals surface area contributed by atoms with Crippen LogP contribution in [0.4, 0.5) is 4.79 Å². The van der Waals surface area contributed by atoms with E-state index in [1.165, 1.54) is 0 Å². The van der Waals surface area contributed by atoms with Crippen LogP contribution < -0.4 is 10.6 Å². The molecular formula is C21H37IN4O4. The van der Waals surface area contributed by atoms with Crippen LogP contribution in [-0.2, 0) is 11.2 Å². The average molecular weight is 536 g/mol. The second-order valence-corrected chi connectivity index (χ2v) is 7.23. The lowest BCUT2D eigenvalue weighted by atomic mass is 10.1. The number of aliphatic imine (C=N–C) groups is 1. The van der Waals surface area contributed by atoms with E-state index in [9.17, 15) is 4.79 Å². The topological polar surface area (TPSA) is 99.3 Å². The van der Waals surface area contributed by atoms with E-state index in [-0.39, 0.29) is 42.7 Å². The summed E-state index contributed by atoms with van der Waals surface area (Å²) in [5.41, 5.74) is 0. The number of rotatable bonds is 11. The van der Waals surface area contributed by atoms with Gasteiger partial charge in [-0.05, 0) is 44.7 Å². The average Bonchev–Trinajstić information content (AvgIpc) is 3.24. The number of furan rings is 1. The highest BCUT2D eigenvalue weighted by atomic mass is 127. The Balaban J connectivity index is 0.00000450. The van der Waals surface area contributed by atoms with Gasteiger partial charge in [0.2, 0.25) is 0 Å². The summed E-state index contributed by atoms with van der Waals surface area (Å²) in [6.07, 6.45) is 7.97. The first kappa shape index (κ1) is 26.5. The van der Waals surface area contributed by atoms with Crippen LogP contribution in [0.3, 0.4) is 0 Å². The minimum absolute atomic E-state index is 0. The van der Waals surface area contributed by atoms with Crippen molar-refractivity contribution >= 4 is 36.0 Å². The molecule has 0 radical (unpaired) electrons. The zero-order valence-corrected chi connectivity index (χ0v) is 20.3.